The number of ether oxygens (including phenoxy) is 1. The second-order valence-electron chi connectivity index (χ2n) is 7.24. The molecule has 0 unspecified atom stereocenters. The topological polar surface area (TPSA) is 56.2 Å². The number of hydrogen-bond donors (Lipinski definition) is 1. The maximum atomic E-state index is 12.5. The predicted molar refractivity (Wildman–Crippen MR) is 115 cm³/mol. The summed E-state index contributed by atoms with van der Waals surface area (Å²) in [6, 6.07) is 15.5. The summed E-state index contributed by atoms with van der Waals surface area (Å²) in [6.45, 7) is 7.39. The van der Waals surface area contributed by atoms with E-state index < -0.39 is 6.09 Å². The second kappa shape index (κ2) is 9.24. The van der Waals surface area contributed by atoms with Crippen LogP contribution in [0.5, 0.6) is 0 Å². The van der Waals surface area contributed by atoms with Crippen LogP contribution in [0.1, 0.15) is 44.6 Å². The van der Waals surface area contributed by atoms with Gasteiger partial charge in [-0.1, -0.05) is 60.1 Å². The molecule has 0 aliphatic rings. The standard InChI is InChI=1S/C22H26BrN3O2/c1-4-26-20-13-17(23)10-11-18(20)24-21(26)19(12-15(2)3)25-22(27)28-14-16-8-6-5-7-9-16/h5-11,13,15,19H,4,12,14H2,1-3H3,(H,25,27)/t19-/m1/s1. The number of aryl methyl sites for hydroxylation is 1. The molecule has 148 valence electrons. The smallest absolute Gasteiger partial charge is 0.408 e. The van der Waals surface area contributed by atoms with Gasteiger partial charge in [-0.15, -0.1) is 0 Å². The summed E-state index contributed by atoms with van der Waals surface area (Å²) in [6.07, 6.45) is 0.357. The van der Waals surface area contributed by atoms with Gasteiger partial charge in [0.05, 0.1) is 17.1 Å². The van der Waals surface area contributed by atoms with Crippen LogP contribution in [0, 0.1) is 5.92 Å². The quantitative estimate of drug-likeness (QED) is 0.499. The molecular formula is C22H26BrN3O2. The fourth-order valence-electron chi connectivity index (χ4n) is 3.32. The number of carbonyl (C=O) groups excluding carboxylic acids is 1. The molecule has 0 radical (unpaired) electrons. The first kappa shape index (κ1) is 20.4. The molecule has 2 aromatic carbocycles. The average Bonchev–Trinajstić information content (AvgIpc) is 3.04. The second-order valence-corrected chi connectivity index (χ2v) is 8.15. The normalized spacial score (nSPS) is 12.3. The van der Waals surface area contributed by atoms with E-state index in [0.29, 0.717) is 5.92 Å². The fourth-order valence-corrected chi connectivity index (χ4v) is 3.67. The maximum absolute atomic E-state index is 12.5. The number of benzene rings is 2. The van der Waals surface area contributed by atoms with Gasteiger partial charge in [0, 0.05) is 11.0 Å². The highest BCUT2D eigenvalue weighted by Gasteiger charge is 2.23. The van der Waals surface area contributed by atoms with Gasteiger partial charge in [-0.2, -0.15) is 0 Å². The van der Waals surface area contributed by atoms with Gasteiger partial charge in [-0.05, 0) is 43.0 Å². The molecule has 1 aromatic heterocycles. The van der Waals surface area contributed by atoms with Crippen molar-refractivity contribution < 1.29 is 9.53 Å². The Balaban J connectivity index is 1.82. The first-order valence-electron chi connectivity index (χ1n) is 9.60. The number of imidazole rings is 1. The molecule has 0 aliphatic heterocycles. The molecule has 0 saturated heterocycles. The number of amides is 1. The highest BCUT2D eigenvalue weighted by atomic mass is 79.9. The van der Waals surface area contributed by atoms with Gasteiger partial charge in [0.25, 0.3) is 0 Å². The third-order valence-electron chi connectivity index (χ3n) is 4.58. The van der Waals surface area contributed by atoms with Crippen LogP contribution in [-0.4, -0.2) is 15.6 Å². The van der Waals surface area contributed by atoms with E-state index in [2.05, 4.69) is 52.7 Å². The lowest BCUT2D eigenvalue weighted by Crippen LogP contribution is -2.32. The van der Waals surface area contributed by atoms with Crippen molar-refractivity contribution in [1.82, 2.24) is 14.9 Å². The number of nitrogens with one attached hydrogen (secondary N) is 1. The van der Waals surface area contributed by atoms with Crippen molar-refractivity contribution in [3.8, 4) is 0 Å². The molecule has 3 aromatic rings. The largest absolute Gasteiger partial charge is 0.445 e. The maximum Gasteiger partial charge on any atom is 0.408 e. The summed E-state index contributed by atoms with van der Waals surface area (Å²) in [5.41, 5.74) is 2.94. The summed E-state index contributed by atoms with van der Waals surface area (Å²) < 4.78 is 8.60. The van der Waals surface area contributed by atoms with Gasteiger partial charge in [-0.3, -0.25) is 0 Å². The molecule has 6 heteroatoms. The Labute approximate surface area is 174 Å². The minimum atomic E-state index is -0.426. The number of fused-ring (bicyclic) bond motifs is 1. The molecule has 0 saturated carbocycles. The SMILES string of the molecule is CCn1c([C@@H](CC(C)C)NC(=O)OCc2ccccc2)nc2ccc(Br)cc21. The van der Waals surface area contributed by atoms with Crippen LogP contribution in [0.3, 0.4) is 0 Å². The number of rotatable bonds is 7. The van der Waals surface area contributed by atoms with Crippen molar-refractivity contribution in [1.29, 1.82) is 0 Å². The zero-order valence-corrected chi connectivity index (χ0v) is 18.1. The Hall–Kier alpha value is -2.34. The summed E-state index contributed by atoms with van der Waals surface area (Å²) in [4.78, 5) is 17.3. The third-order valence-corrected chi connectivity index (χ3v) is 5.07. The molecular weight excluding hydrogens is 418 g/mol. The molecule has 0 fully saturated rings. The lowest BCUT2D eigenvalue weighted by Gasteiger charge is -2.21. The molecule has 1 atom stereocenters. The molecule has 28 heavy (non-hydrogen) atoms. The third kappa shape index (κ3) is 4.93. The molecule has 0 aliphatic carbocycles. The van der Waals surface area contributed by atoms with E-state index in [-0.39, 0.29) is 12.6 Å². The van der Waals surface area contributed by atoms with Crippen molar-refractivity contribution in [3.63, 3.8) is 0 Å². The van der Waals surface area contributed by atoms with Crippen LogP contribution >= 0.6 is 15.9 Å². The van der Waals surface area contributed by atoms with Gasteiger partial charge in [0.15, 0.2) is 0 Å². The lowest BCUT2D eigenvalue weighted by molar-refractivity contribution is 0.133. The fraction of sp³-hybridized carbons (Fsp3) is 0.364. The Morgan fingerprint density at radius 3 is 2.64 bits per heavy atom. The zero-order chi connectivity index (χ0) is 20.1. The highest BCUT2D eigenvalue weighted by Crippen LogP contribution is 2.27. The number of hydrogen-bond acceptors (Lipinski definition) is 3. The summed E-state index contributed by atoms with van der Waals surface area (Å²) >= 11 is 3.53. The molecule has 0 bridgehead atoms. The minimum absolute atomic E-state index is 0.214. The lowest BCUT2D eigenvalue weighted by atomic mass is 10.0. The molecule has 1 amide bonds. The van der Waals surface area contributed by atoms with E-state index in [0.717, 1.165) is 39.9 Å². The Bertz CT molecular complexity index is 938. The van der Waals surface area contributed by atoms with Gasteiger partial charge >= 0.3 is 6.09 Å². The number of carbonyl (C=O) groups is 1. The van der Waals surface area contributed by atoms with E-state index in [9.17, 15) is 4.79 Å². The van der Waals surface area contributed by atoms with E-state index in [1.54, 1.807) is 0 Å². The summed E-state index contributed by atoms with van der Waals surface area (Å²) in [5, 5.41) is 3.03. The van der Waals surface area contributed by atoms with Gasteiger partial charge < -0.3 is 14.6 Å². The monoisotopic (exact) mass is 443 g/mol. The van der Waals surface area contributed by atoms with Crippen LogP contribution in [0.15, 0.2) is 53.0 Å². The van der Waals surface area contributed by atoms with E-state index in [1.165, 1.54) is 0 Å². The zero-order valence-electron chi connectivity index (χ0n) is 16.5. The van der Waals surface area contributed by atoms with Crippen molar-refractivity contribution >= 4 is 33.1 Å². The van der Waals surface area contributed by atoms with Crippen LogP contribution in [0.4, 0.5) is 4.79 Å². The van der Waals surface area contributed by atoms with Crippen LogP contribution < -0.4 is 5.32 Å². The van der Waals surface area contributed by atoms with Crippen molar-refractivity contribution in [3.05, 3.63) is 64.4 Å². The van der Waals surface area contributed by atoms with Crippen molar-refractivity contribution in [2.45, 2.75) is 46.4 Å². The number of aromatic nitrogens is 2. The first-order valence-corrected chi connectivity index (χ1v) is 10.4. The van der Waals surface area contributed by atoms with Crippen LogP contribution in [-0.2, 0) is 17.9 Å². The van der Waals surface area contributed by atoms with Crippen LogP contribution in [0.25, 0.3) is 11.0 Å². The van der Waals surface area contributed by atoms with Gasteiger partial charge in [0.2, 0.25) is 0 Å². The van der Waals surface area contributed by atoms with Gasteiger partial charge in [-0.25, -0.2) is 9.78 Å². The van der Waals surface area contributed by atoms with E-state index in [1.807, 2.05) is 42.5 Å². The number of halogens is 1. The highest BCUT2D eigenvalue weighted by molar-refractivity contribution is 9.10. The van der Waals surface area contributed by atoms with E-state index in [4.69, 9.17) is 9.72 Å². The molecule has 0 spiro atoms. The van der Waals surface area contributed by atoms with E-state index >= 15 is 0 Å². The Morgan fingerprint density at radius 2 is 1.96 bits per heavy atom. The Kier molecular flexibility index (Phi) is 6.73. The predicted octanol–water partition coefficient (Wildman–Crippen LogP) is 5.83. The molecule has 1 heterocycles. The minimum Gasteiger partial charge on any atom is -0.445 e. The summed E-state index contributed by atoms with van der Waals surface area (Å²) in [5.74, 6) is 1.26. The molecule has 1 N–H and O–H groups in total. The first-order chi connectivity index (χ1) is 13.5. The summed E-state index contributed by atoms with van der Waals surface area (Å²) in [7, 11) is 0. The van der Waals surface area contributed by atoms with Crippen LogP contribution in [0.2, 0.25) is 0 Å². The van der Waals surface area contributed by atoms with Crippen molar-refractivity contribution in [2.24, 2.45) is 5.92 Å². The molecule has 5 nitrogen and oxygen atoms in total. The number of alkyl carbamates (subject to hydrolysis) is 1. The van der Waals surface area contributed by atoms with Crippen molar-refractivity contribution in [2.75, 3.05) is 0 Å². The molecule has 3 rings (SSSR count). The van der Waals surface area contributed by atoms with Gasteiger partial charge in [0.1, 0.15) is 12.4 Å². The Morgan fingerprint density at radius 1 is 1.21 bits per heavy atom. The number of nitrogens with zero attached hydrogens (tertiary/aromatic N) is 2. The average molecular weight is 444 g/mol.